The van der Waals surface area contributed by atoms with Crippen LogP contribution in [0.15, 0.2) is 50.9 Å². The molecule has 140 valence electrons. The molecule has 7 heteroatoms. The van der Waals surface area contributed by atoms with Crippen LogP contribution in [0.1, 0.15) is 11.1 Å². The molecule has 0 N–H and O–H groups in total. The number of amides is 1. The Bertz CT molecular complexity index is 918. The lowest BCUT2D eigenvalue weighted by atomic mass is 10.1. The monoisotopic (exact) mass is 492 g/mol. The average molecular weight is 494 g/mol. The average Bonchev–Trinajstić information content (AvgIpc) is 2.65. The van der Waals surface area contributed by atoms with Gasteiger partial charge in [0.25, 0.3) is 5.91 Å². The van der Waals surface area contributed by atoms with Gasteiger partial charge in [0.2, 0.25) is 0 Å². The zero-order chi connectivity index (χ0) is 20.0. The maximum atomic E-state index is 12.0. The van der Waals surface area contributed by atoms with Crippen LogP contribution in [0.2, 0.25) is 0 Å². The van der Waals surface area contributed by atoms with Gasteiger partial charge in [0, 0.05) is 28.6 Å². The third-order valence-corrected chi connectivity index (χ3v) is 4.89. The Morgan fingerprint density at radius 2 is 1.93 bits per heavy atom. The van der Waals surface area contributed by atoms with Crippen LogP contribution in [0.25, 0.3) is 6.08 Å². The summed E-state index contributed by atoms with van der Waals surface area (Å²) in [5.41, 5.74) is 1.72. The second-order valence-corrected chi connectivity index (χ2v) is 7.57. The zero-order valence-electron chi connectivity index (χ0n) is 15.1. The summed E-state index contributed by atoms with van der Waals surface area (Å²) < 4.78 is 13.2. The summed E-state index contributed by atoms with van der Waals surface area (Å²) in [6.45, 7) is 0.363. The minimum absolute atomic E-state index is 0.0505. The molecule has 0 unspecified atom stereocenters. The maximum absolute atomic E-state index is 12.0. The highest BCUT2D eigenvalue weighted by Crippen LogP contribution is 2.31. The van der Waals surface area contributed by atoms with Crippen molar-refractivity contribution in [1.29, 1.82) is 5.26 Å². The van der Waals surface area contributed by atoms with E-state index in [-0.39, 0.29) is 11.5 Å². The Labute approximate surface area is 175 Å². The minimum atomic E-state index is -0.350. The van der Waals surface area contributed by atoms with E-state index in [9.17, 15) is 10.1 Å². The fourth-order valence-corrected chi connectivity index (χ4v) is 3.40. The maximum Gasteiger partial charge on any atom is 0.264 e. The minimum Gasteiger partial charge on any atom is -0.493 e. The molecule has 5 nitrogen and oxygen atoms in total. The first-order chi connectivity index (χ1) is 12.8. The van der Waals surface area contributed by atoms with Gasteiger partial charge in [0.1, 0.15) is 18.2 Å². The molecule has 0 saturated heterocycles. The molecule has 2 aromatic carbocycles. The predicted molar refractivity (Wildman–Crippen MR) is 111 cm³/mol. The zero-order valence-corrected chi connectivity index (χ0v) is 18.3. The molecule has 0 spiro atoms. The third kappa shape index (κ3) is 5.59. The van der Waals surface area contributed by atoms with Gasteiger partial charge in [-0.1, -0.05) is 44.0 Å². The molecule has 0 aliphatic carbocycles. The fraction of sp³-hybridized carbons (Fsp3) is 0.200. The van der Waals surface area contributed by atoms with Gasteiger partial charge in [-0.3, -0.25) is 4.79 Å². The van der Waals surface area contributed by atoms with Crippen LogP contribution in [0, 0.1) is 11.3 Å². The van der Waals surface area contributed by atoms with Gasteiger partial charge < -0.3 is 14.4 Å². The van der Waals surface area contributed by atoms with Gasteiger partial charge >= 0.3 is 0 Å². The summed E-state index contributed by atoms with van der Waals surface area (Å²) >= 11 is 6.93. The first kappa shape index (κ1) is 21.0. The van der Waals surface area contributed by atoms with Crippen molar-refractivity contribution in [3.8, 4) is 17.6 Å². The SMILES string of the molecule is COc1cc(/C=C(/C#N)C(=O)N(C)C)ccc1OCc1ccc(Br)cc1Br. The number of nitrogens with zero attached hydrogens (tertiary/aromatic N) is 2. The predicted octanol–water partition coefficient (Wildman–Crippen LogP) is 4.79. The highest BCUT2D eigenvalue weighted by Gasteiger charge is 2.12. The number of ether oxygens (including phenoxy) is 2. The van der Waals surface area contributed by atoms with Crippen molar-refractivity contribution in [2.45, 2.75) is 6.61 Å². The fourth-order valence-electron chi connectivity index (χ4n) is 2.24. The summed E-state index contributed by atoms with van der Waals surface area (Å²) in [6, 6.07) is 13.0. The number of nitriles is 1. The molecule has 0 aliphatic heterocycles. The van der Waals surface area contributed by atoms with E-state index in [2.05, 4.69) is 31.9 Å². The van der Waals surface area contributed by atoms with Gasteiger partial charge in [-0.25, -0.2) is 0 Å². The molecular weight excluding hydrogens is 476 g/mol. The van der Waals surface area contributed by atoms with E-state index in [1.807, 2.05) is 24.3 Å². The molecule has 0 fully saturated rings. The number of hydrogen-bond acceptors (Lipinski definition) is 4. The molecule has 0 radical (unpaired) electrons. The van der Waals surface area contributed by atoms with Crippen LogP contribution < -0.4 is 9.47 Å². The first-order valence-electron chi connectivity index (χ1n) is 7.94. The summed E-state index contributed by atoms with van der Waals surface area (Å²) in [6.07, 6.45) is 1.53. The molecule has 0 aliphatic rings. The molecule has 0 aromatic heterocycles. The number of carbonyl (C=O) groups excluding carboxylic acids is 1. The van der Waals surface area contributed by atoms with Gasteiger partial charge in [-0.15, -0.1) is 0 Å². The Morgan fingerprint density at radius 3 is 2.52 bits per heavy atom. The summed E-state index contributed by atoms with van der Waals surface area (Å²) in [7, 11) is 4.75. The molecule has 1 amide bonds. The van der Waals surface area contributed by atoms with Gasteiger partial charge in [-0.2, -0.15) is 5.26 Å². The van der Waals surface area contributed by atoms with Crippen molar-refractivity contribution >= 4 is 43.8 Å². The number of benzene rings is 2. The van der Waals surface area contributed by atoms with Crippen LogP contribution in [0.4, 0.5) is 0 Å². The Kier molecular flexibility index (Phi) is 7.45. The van der Waals surface area contributed by atoms with Crippen molar-refractivity contribution in [2.75, 3.05) is 21.2 Å². The molecule has 27 heavy (non-hydrogen) atoms. The summed E-state index contributed by atoms with van der Waals surface area (Å²) in [4.78, 5) is 13.3. The van der Waals surface area contributed by atoms with Crippen LogP contribution in [0.5, 0.6) is 11.5 Å². The lowest BCUT2D eigenvalue weighted by Crippen LogP contribution is -2.22. The number of hydrogen-bond donors (Lipinski definition) is 0. The van der Waals surface area contributed by atoms with E-state index in [0.717, 1.165) is 14.5 Å². The first-order valence-corrected chi connectivity index (χ1v) is 9.52. The van der Waals surface area contributed by atoms with E-state index in [4.69, 9.17) is 9.47 Å². The highest BCUT2D eigenvalue weighted by atomic mass is 79.9. The van der Waals surface area contributed by atoms with Crippen molar-refractivity contribution in [3.63, 3.8) is 0 Å². The molecule has 0 heterocycles. The summed E-state index contributed by atoms with van der Waals surface area (Å²) in [5.74, 6) is 0.741. The number of rotatable bonds is 6. The van der Waals surface area contributed by atoms with E-state index < -0.39 is 0 Å². The van der Waals surface area contributed by atoms with Crippen molar-refractivity contribution < 1.29 is 14.3 Å². The Balaban J connectivity index is 2.23. The molecule has 2 rings (SSSR count). The molecule has 0 bridgehead atoms. The van der Waals surface area contributed by atoms with Crippen LogP contribution in [-0.4, -0.2) is 32.0 Å². The van der Waals surface area contributed by atoms with Gasteiger partial charge in [0.05, 0.1) is 7.11 Å². The molecule has 2 aromatic rings. The number of likely N-dealkylation sites (N-methyl/N-ethyl adjacent to an activating group) is 1. The van der Waals surface area contributed by atoms with Crippen molar-refractivity contribution in [2.24, 2.45) is 0 Å². The second kappa shape index (κ2) is 9.58. The quantitative estimate of drug-likeness (QED) is 0.428. The lowest BCUT2D eigenvalue weighted by molar-refractivity contribution is -0.124. The van der Waals surface area contributed by atoms with E-state index >= 15 is 0 Å². The number of carbonyl (C=O) groups is 1. The standard InChI is InChI=1S/C20H18Br2N2O3/c1-24(2)20(25)15(11-23)8-13-4-7-18(19(9-13)26-3)27-12-14-5-6-16(21)10-17(14)22/h4-10H,12H2,1-3H3/b15-8-. The number of methoxy groups -OCH3 is 1. The Hall–Kier alpha value is -2.30. The Morgan fingerprint density at radius 1 is 1.19 bits per heavy atom. The largest absolute Gasteiger partial charge is 0.493 e. The smallest absolute Gasteiger partial charge is 0.264 e. The van der Waals surface area contributed by atoms with E-state index in [1.54, 1.807) is 39.4 Å². The van der Waals surface area contributed by atoms with E-state index in [1.165, 1.54) is 11.0 Å². The molecular formula is C20H18Br2N2O3. The highest BCUT2D eigenvalue weighted by molar-refractivity contribution is 9.11. The van der Waals surface area contributed by atoms with Crippen molar-refractivity contribution in [3.05, 3.63) is 62.0 Å². The van der Waals surface area contributed by atoms with Crippen LogP contribution >= 0.6 is 31.9 Å². The number of halogens is 2. The van der Waals surface area contributed by atoms with Gasteiger partial charge in [-0.05, 0) is 35.9 Å². The van der Waals surface area contributed by atoms with Crippen LogP contribution in [-0.2, 0) is 11.4 Å². The van der Waals surface area contributed by atoms with Crippen molar-refractivity contribution in [1.82, 2.24) is 4.90 Å². The topological polar surface area (TPSA) is 62.6 Å². The summed E-state index contributed by atoms with van der Waals surface area (Å²) in [5, 5.41) is 9.21. The molecule has 0 atom stereocenters. The lowest BCUT2D eigenvalue weighted by Gasteiger charge is -2.13. The van der Waals surface area contributed by atoms with Crippen LogP contribution in [0.3, 0.4) is 0 Å². The van der Waals surface area contributed by atoms with E-state index in [0.29, 0.717) is 23.7 Å². The van der Waals surface area contributed by atoms with Gasteiger partial charge in [0.15, 0.2) is 11.5 Å². The molecule has 0 saturated carbocycles. The second-order valence-electron chi connectivity index (χ2n) is 5.80. The third-order valence-electron chi connectivity index (χ3n) is 3.65. The normalized spacial score (nSPS) is 10.9.